The summed E-state index contributed by atoms with van der Waals surface area (Å²) in [4.78, 5) is 12.1. The quantitative estimate of drug-likeness (QED) is 0.700. The minimum atomic E-state index is -0.231. The predicted molar refractivity (Wildman–Crippen MR) is 88.3 cm³/mol. The van der Waals surface area contributed by atoms with E-state index >= 15 is 0 Å². The van der Waals surface area contributed by atoms with Crippen molar-refractivity contribution in [3.63, 3.8) is 0 Å². The molecular weight excluding hydrogens is 292 g/mol. The lowest BCUT2D eigenvalue weighted by atomic mass is 10.1. The van der Waals surface area contributed by atoms with Crippen molar-refractivity contribution in [3.05, 3.63) is 59.2 Å². The minimum Gasteiger partial charge on any atom is -0.486 e. The molecule has 5 nitrogen and oxygen atoms in total. The van der Waals surface area contributed by atoms with Gasteiger partial charge in [-0.25, -0.2) is 5.43 Å². The van der Waals surface area contributed by atoms with E-state index in [1.54, 1.807) is 6.07 Å². The van der Waals surface area contributed by atoms with Crippen molar-refractivity contribution in [2.45, 2.75) is 13.8 Å². The van der Waals surface area contributed by atoms with Crippen molar-refractivity contribution in [3.8, 4) is 11.5 Å². The lowest BCUT2D eigenvalue weighted by Crippen LogP contribution is -2.19. The van der Waals surface area contributed by atoms with Crippen molar-refractivity contribution in [1.29, 1.82) is 0 Å². The van der Waals surface area contributed by atoms with Crippen molar-refractivity contribution >= 4 is 11.6 Å². The Hall–Kier alpha value is -2.82. The molecule has 0 fully saturated rings. The van der Waals surface area contributed by atoms with Crippen LogP contribution in [0.5, 0.6) is 11.5 Å². The molecule has 0 atom stereocenters. The molecule has 23 heavy (non-hydrogen) atoms. The highest BCUT2D eigenvalue weighted by atomic mass is 16.6. The minimum absolute atomic E-state index is 0.231. The number of amides is 1. The van der Waals surface area contributed by atoms with Gasteiger partial charge in [-0.15, -0.1) is 0 Å². The smallest absolute Gasteiger partial charge is 0.271 e. The van der Waals surface area contributed by atoms with Crippen molar-refractivity contribution < 1.29 is 14.3 Å². The molecule has 0 saturated carbocycles. The van der Waals surface area contributed by atoms with E-state index in [1.807, 2.05) is 50.2 Å². The number of carbonyl (C=O) groups is 1. The van der Waals surface area contributed by atoms with E-state index in [1.165, 1.54) is 0 Å². The monoisotopic (exact) mass is 310 g/mol. The fraction of sp³-hybridized carbons (Fsp3) is 0.222. The summed E-state index contributed by atoms with van der Waals surface area (Å²) in [6.45, 7) is 4.88. The molecule has 2 aromatic rings. The summed E-state index contributed by atoms with van der Waals surface area (Å²) in [7, 11) is 0. The Balaban J connectivity index is 1.73. The Bertz CT molecular complexity index is 769. The molecule has 0 spiro atoms. The van der Waals surface area contributed by atoms with Crippen LogP contribution < -0.4 is 14.9 Å². The lowest BCUT2D eigenvalue weighted by Gasteiger charge is -2.18. The first-order valence-corrected chi connectivity index (χ1v) is 7.45. The highest BCUT2D eigenvalue weighted by molar-refractivity contribution is 6.01. The zero-order chi connectivity index (χ0) is 16.2. The molecule has 0 unspecified atom stereocenters. The number of aryl methyl sites for hydroxylation is 1. The first-order chi connectivity index (χ1) is 11.1. The fourth-order valence-electron chi connectivity index (χ4n) is 2.32. The number of fused-ring (bicyclic) bond motifs is 1. The Morgan fingerprint density at radius 1 is 1.04 bits per heavy atom. The Kier molecular flexibility index (Phi) is 4.28. The number of carbonyl (C=O) groups excluding carboxylic acids is 1. The summed E-state index contributed by atoms with van der Waals surface area (Å²) in [5, 5.41) is 4.17. The standard InChI is InChI=1S/C18H18N2O3/c1-12-4-3-5-15(10-12)18(21)20-19-13(2)14-6-7-16-17(11-14)23-9-8-22-16/h3-7,10-11H,8-9H2,1-2H3,(H,20,21). The van der Waals surface area contributed by atoms with E-state index in [9.17, 15) is 4.79 Å². The maximum Gasteiger partial charge on any atom is 0.271 e. The van der Waals surface area contributed by atoms with E-state index in [0.717, 1.165) is 16.9 Å². The van der Waals surface area contributed by atoms with Crippen LogP contribution >= 0.6 is 0 Å². The second-order valence-corrected chi connectivity index (χ2v) is 5.37. The first kappa shape index (κ1) is 15.1. The number of benzene rings is 2. The number of hydrogen-bond donors (Lipinski definition) is 1. The number of ether oxygens (including phenoxy) is 2. The molecule has 0 radical (unpaired) electrons. The van der Waals surface area contributed by atoms with Crippen LogP contribution in [0.4, 0.5) is 0 Å². The van der Waals surface area contributed by atoms with Gasteiger partial charge in [-0.2, -0.15) is 5.10 Å². The summed E-state index contributed by atoms with van der Waals surface area (Å²) in [5.41, 5.74) is 5.77. The maximum absolute atomic E-state index is 12.1. The molecule has 0 aromatic heterocycles. The van der Waals surface area contributed by atoms with Crippen LogP contribution in [0.15, 0.2) is 47.6 Å². The highest BCUT2D eigenvalue weighted by Crippen LogP contribution is 2.30. The van der Waals surface area contributed by atoms with Crippen molar-refractivity contribution in [2.24, 2.45) is 5.10 Å². The second kappa shape index (κ2) is 6.52. The van der Waals surface area contributed by atoms with Gasteiger partial charge in [0.05, 0.1) is 5.71 Å². The number of nitrogens with one attached hydrogen (secondary N) is 1. The van der Waals surface area contributed by atoms with Gasteiger partial charge < -0.3 is 9.47 Å². The van der Waals surface area contributed by atoms with E-state index in [4.69, 9.17) is 9.47 Å². The van der Waals surface area contributed by atoms with Crippen LogP contribution in [0, 0.1) is 6.92 Å². The third-order valence-corrected chi connectivity index (χ3v) is 3.57. The molecule has 1 aliphatic rings. The number of hydrogen-bond acceptors (Lipinski definition) is 4. The molecule has 1 N–H and O–H groups in total. The molecular formula is C18H18N2O3. The van der Waals surface area contributed by atoms with Gasteiger partial charge >= 0.3 is 0 Å². The van der Waals surface area contributed by atoms with Gasteiger partial charge in [0, 0.05) is 11.1 Å². The number of rotatable bonds is 3. The lowest BCUT2D eigenvalue weighted by molar-refractivity contribution is 0.0954. The van der Waals surface area contributed by atoms with Crippen LogP contribution in [0.2, 0.25) is 0 Å². The summed E-state index contributed by atoms with van der Waals surface area (Å²) in [5.74, 6) is 1.20. The normalized spacial score (nSPS) is 13.6. The summed E-state index contributed by atoms with van der Waals surface area (Å²) < 4.78 is 11.0. The highest BCUT2D eigenvalue weighted by Gasteiger charge is 2.13. The molecule has 0 saturated heterocycles. The molecule has 5 heteroatoms. The third kappa shape index (κ3) is 3.51. The first-order valence-electron chi connectivity index (χ1n) is 7.45. The van der Waals surface area contributed by atoms with E-state index in [0.29, 0.717) is 30.2 Å². The average molecular weight is 310 g/mol. The van der Waals surface area contributed by atoms with Gasteiger partial charge in [0.1, 0.15) is 13.2 Å². The van der Waals surface area contributed by atoms with Crippen LogP contribution in [0.3, 0.4) is 0 Å². The summed E-state index contributed by atoms with van der Waals surface area (Å²) in [6.07, 6.45) is 0. The number of nitrogens with zero attached hydrogens (tertiary/aromatic N) is 1. The van der Waals surface area contributed by atoms with Crippen LogP contribution in [-0.2, 0) is 0 Å². The Morgan fingerprint density at radius 2 is 1.83 bits per heavy atom. The molecule has 1 amide bonds. The van der Waals surface area contributed by atoms with Gasteiger partial charge in [-0.05, 0) is 44.2 Å². The van der Waals surface area contributed by atoms with Crippen LogP contribution in [0.25, 0.3) is 0 Å². The predicted octanol–water partition coefficient (Wildman–Crippen LogP) is 2.92. The zero-order valence-corrected chi connectivity index (χ0v) is 13.1. The molecule has 3 rings (SSSR count). The zero-order valence-electron chi connectivity index (χ0n) is 13.1. The van der Waals surface area contributed by atoms with Gasteiger partial charge in [0.25, 0.3) is 5.91 Å². The molecule has 2 aromatic carbocycles. The van der Waals surface area contributed by atoms with Crippen LogP contribution in [-0.4, -0.2) is 24.8 Å². The van der Waals surface area contributed by atoms with Crippen molar-refractivity contribution in [2.75, 3.05) is 13.2 Å². The largest absolute Gasteiger partial charge is 0.486 e. The van der Waals surface area contributed by atoms with Crippen LogP contribution in [0.1, 0.15) is 28.4 Å². The summed E-state index contributed by atoms with van der Waals surface area (Å²) in [6, 6.07) is 13.0. The fourth-order valence-corrected chi connectivity index (χ4v) is 2.32. The topological polar surface area (TPSA) is 59.9 Å². The van der Waals surface area contributed by atoms with Gasteiger partial charge in [0.2, 0.25) is 0 Å². The third-order valence-electron chi connectivity index (χ3n) is 3.57. The SMILES string of the molecule is CC(=NNC(=O)c1cccc(C)c1)c1ccc2c(c1)OCCO2. The van der Waals surface area contributed by atoms with Gasteiger partial charge in [-0.1, -0.05) is 17.7 Å². The van der Waals surface area contributed by atoms with Gasteiger partial charge in [-0.3, -0.25) is 4.79 Å². The molecule has 1 aliphatic heterocycles. The van der Waals surface area contributed by atoms with Crippen molar-refractivity contribution in [1.82, 2.24) is 5.43 Å². The second-order valence-electron chi connectivity index (χ2n) is 5.37. The van der Waals surface area contributed by atoms with E-state index in [-0.39, 0.29) is 5.91 Å². The molecule has 1 heterocycles. The Labute approximate surface area is 134 Å². The molecule has 118 valence electrons. The Morgan fingerprint density at radius 3 is 2.61 bits per heavy atom. The maximum atomic E-state index is 12.1. The van der Waals surface area contributed by atoms with Gasteiger partial charge in [0.15, 0.2) is 11.5 Å². The average Bonchev–Trinajstić information content (AvgIpc) is 2.59. The van der Waals surface area contributed by atoms with E-state index < -0.39 is 0 Å². The van der Waals surface area contributed by atoms with E-state index in [2.05, 4.69) is 10.5 Å². The summed E-state index contributed by atoms with van der Waals surface area (Å²) >= 11 is 0. The molecule has 0 aliphatic carbocycles. The number of hydrazone groups is 1. The molecule has 0 bridgehead atoms.